The van der Waals surface area contributed by atoms with Crippen molar-refractivity contribution in [3.05, 3.63) is 89.5 Å². The highest BCUT2D eigenvalue weighted by Gasteiger charge is 2.12. The van der Waals surface area contributed by atoms with Crippen LogP contribution in [0.2, 0.25) is 0 Å². The number of carbonyl (C=O) groups is 1. The summed E-state index contributed by atoms with van der Waals surface area (Å²) in [5.41, 5.74) is 4.68. The number of nitrogens with one attached hydrogen (secondary N) is 1. The second kappa shape index (κ2) is 12.3. The van der Waals surface area contributed by atoms with Crippen LogP contribution in [0.25, 0.3) is 11.6 Å². The van der Waals surface area contributed by atoms with Crippen LogP contribution in [0.15, 0.2) is 72.8 Å². The van der Waals surface area contributed by atoms with Crippen LogP contribution in [0.1, 0.15) is 30.5 Å². The third-order valence-corrected chi connectivity index (χ3v) is 5.14. The van der Waals surface area contributed by atoms with Crippen molar-refractivity contribution in [2.45, 2.75) is 26.4 Å². The average Bonchev–Trinajstić information content (AvgIpc) is 2.83. The summed E-state index contributed by atoms with van der Waals surface area (Å²) in [5, 5.41) is 12.7. The Balaban J connectivity index is 1.73. The highest BCUT2D eigenvalue weighted by Crippen LogP contribution is 2.32. The van der Waals surface area contributed by atoms with Gasteiger partial charge >= 0.3 is 6.09 Å². The molecule has 0 saturated carbocycles. The Kier molecular flexibility index (Phi) is 8.91. The number of rotatable bonds is 9. The number of nitriles is 1. The fourth-order valence-electron chi connectivity index (χ4n) is 3.56. The number of hydrogen-bond acceptors (Lipinski definition) is 5. The van der Waals surface area contributed by atoms with E-state index in [0.717, 1.165) is 28.1 Å². The van der Waals surface area contributed by atoms with Crippen molar-refractivity contribution >= 4 is 29.1 Å². The molecule has 1 amide bonds. The predicted octanol–water partition coefficient (Wildman–Crippen LogP) is 6.40. The van der Waals surface area contributed by atoms with E-state index in [4.69, 9.17) is 9.47 Å². The van der Waals surface area contributed by atoms with Crippen LogP contribution in [-0.2, 0) is 11.2 Å². The molecule has 35 heavy (non-hydrogen) atoms. The van der Waals surface area contributed by atoms with Crippen molar-refractivity contribution in [3.63, 3.8) is 0 Å². The third-order valence-electron chi connectivity index (χ3n) is 5.14. The lowest BCUT2D eigenvalue weighted by Gasteiger charge is -2.19. The summed E-state index contributed by atoms with van der Waals surface area (Å²) >= 11 is 0. The van der Waals surface area contributed by atoms with E-state index in [1.54, 1.807) is 18.2 Å². The van der Waals surface area contributed by atoms with Crippen molar-refractivity contribution in [1.82, 2.24) is 0 Å². The molecule has 3 aromatic rings. The fourth-order valence-corrected chi connectivity index (χ4v) is 3.56. The molecule has 0 aromatic heterocycles. The van der Waals surface area contributed by atoms with E-state index < -0.39 is 6.09 Å². The Bertz CT molecular complexity index is 1210. The van der Waals surface area contributed by atoms with E-state index >= 15 is 0 Å². The molecule has 6 heteroatoms. The SMILES string of the molecule is CC(C)Oc1ccc(/C(C#N)=C/c2cccc(NC(=O)OCCc3ccccc3)c2)c(N(C)C)c1. The molecule has 0 bridgehead atoms. The third kappa shape index (κ3) is 7.65. The summed E-state index contributed by atoms with van der Waals surface area (Å²) in [7, 11) is 3.86. The van der Waals surface area contributed by atoms with Crippen molar-refractivity contribution < 1.29 is 14.3 Å². The molecule has 3 aromatic carbocycles. The Morgan fingerprint density at radius 1 is 1.06 bits per heavy atom. The van der Waals surface area contributed by atoms with Gasteiger partial charge in [-0.3, -0.25) is 5.32 Å². The molecule has 0 unspecified atom stereocenters. The van der Waals surface area contributed by atoms with E-state index in [1.165, 1.54) is 0 Å². The number of amides is 1. The normalized spacial score (nSPS) is 11.0. The van der Waals surface area contributed by atoms with E-state index in [1.807, 2.05) is 93.5 Å². The summed E-state index contributed by atoms with van der Waals surface area (Å²) in [5.74, 6) is 0.752. The average molecular weight is 470 g/mol. The molecule has 6 nitrogen and oxygen atoms in total. The number of ether oxygens (including phenoxy) is 2. The molecule has 0 saturated heterocycles. The number of allylic oxidation sites excluding steroid dienone is 1. The maximum Gasteiger partial charge on any atom is 0.411 e. The van der Waals surface area contributed by atoms with Gasteiger partial charge in [-0.1, -0.05) is 42.5 Å². The zero-order chi connectivity index (χ0) is 25.2. The minimum absolute atomic E-state index is 0.0575. The number of nitrogens with zero attached hydrogens (tertiary/aromatic N) is 2. The Morgan fingerprint density at radius 3 is 2.51 bits per heavy atom. The minimum atomic E-state index is -0.516. The monoisotopic (exact) mass is 469 g/mol. The Hall–Kier alpha value is -4.24. The van der Waals surface area contributed by atoms with Gasteiger partial charge in [0.15, 0.2) is 0 Å². The van der Waals surface area contributed by atoms with Gasteiger partial charge in [0, 0.05) is 43.5 Å². The molecule has 0 aliphatic rings. The molecule has 0 aliphatic heterocycles. The van der Waals surface area contributed by atoms with E-state index in [-0.39, 0.29) is 12.7 Å². The van der Waals surface area contributed by atoms with Crippen LogP contribution in [0.4, 0.5) is 16.2 Å². The van der Waals surface area contributed by atoms with E-state index in [9.17, 15) is 10.1 Å². The number of hydrogen-bond donors (Lipinski definition) is 1. The summed E-state index contributed by atoms with van der Waals surface area (Å²) < 4.78 is 11.1. The lowest BCUT2D eigenvalue weighted by molar-refractivity contribution is 0.163. The van der Waals surface area contributed by atoms with Gasteiger partial charge in [-0.15, -0.1) is 0 Å². The second-order valence-corrected chi connectivity index (χ2v) is 8.53. The van der Waals surface area contributed by atoms with Crippen LogP contribution < -0.4 is 15.0 Å². The van der Waals surface area contributed by atoms with Gasteiger partial charge in [0.2, 0.25) is 0 Å². The molecule has 0 radical (unpaired) electrons. The highest BCUT2D eigenvalue weighted by atomic mass is 16.5. The maximum atomic E-state index is 12.2. The van der Waals surface area contributed by atoms with Crippen LogP contribution in [-0.4, -0.2) is 32.9 Å². The van der Waals surface area contributed by atoms with Gasteiger partial charge in [0.1, 0.15) is 5.75 Å². The Morgan fingerprint density at radius 2 is 1.83 bits per heavy atom. The quantitative estimate of drug-likeness (QED) is 0.290. The van der Waals surface area contributed by atoms with Gasteiger partial charge in [-0.05, 0) is 55.3 Å². The molecule has 0 atom stereocenters. The zero-order valence-corrected chi connectivity index (χ0v) is 20.6. The van der Waals surface area contributed by atoms with Crippen LogP contribution in [0.3, 0.4) is 0 Å². The van der Waals surface area contributed by atoms with Crippen molar-refractivity contribution in [3.8, 4) is 11.8 Å². The van der Waals surface area contributed by atoms with E-state index in [0.29, 0.717) is 17.7 Å². The lowest BCUT2D eigenvalue weighted by Crippen LogP contribution is -2.15. The van der Waals surface area contributed by atoms with Crippen molar-refractivity contribution in [2.75, 3.05) is 30.9 Å². The predicted molar refractivity (Wildman–Crippen MR) is 142 cm³/mol. The van der Waals surface area contributed by atoms with Gasteiger partial charge < -0.3 is 14.4 Å². The smallest absolute Gasteiger partial charge is 0.411 e. The lowest BCUT2D eigenvalue weighted by atomic mass is 10.0. The molecule has 1 N–H and O–H groups in total. The van der Waals surface area contributed by atoms with Gasteiger partial charge in [-0.2, -0.15) is 5.26 Å². The first-order valence-corrected chi connectivity index (χ1v) is 11.5. The standard InChI is InChI=1S/C29H31N3O3/c1-21(2)35-26-13-14-27(28(19-26)32(3)4)24(20-30)17-23-11-8-12-25(18-23)31-29(33)34-16-15-22-9-6-5-7-10-22/h5-14,17-19,21H,15-16H2,1-4H3,(H,31,33)/b24-17+. The van der Waals surface area contributed by atoms with Crippen LogP contribution in [0, 0.1) is 11.3 Å². The van der Waals surface area contributed by atoms with Gasteiger partial charge in [0.05, 0.1) is 24.4 Å². The minimum Gasteiger partial charge on any atom is -0.491 e. The summed E-state index contributed by atoms with van der Waals surface area (Å²) in [6, 6.07) is 25.2. The Labute approximate surface area is 207 Å². The largest absolute Gasteiger partial charge is 0.491 e. The first-order valence-electron chi connectivity index (χ1n) is 11.5. The molecule has 0 spiro atoms. The first kappa shape index (κ1) is 25.4. The highest BCUT2D eigenvalue weighted by molar-refractivity contribution is 5.95. The molecular weight excluding hydrogens is 438 g/mol. The van der Waals surface area contributed by atoms with Crippen molar-refractivity contribution in [2.24, 2.45) is 0 Å². The summed E-state index contributed by atoms with van der Waals surface area (Å²) in [6.07, 6.45) is 2.00. The zero-order valence-electron chi connectivity index (χ0n) is 20.6. The number of anilines is 2. The molecule has 0 fully saturated rings. The summed E-state index contributed by atoms with van der Waals surface area (Å²) in [4.78, 5) is 14.2. The fraction of sp³-hybridized carbons (Fsp3) is 0.241. The van der Waals surface area contributed by atoms with Crippen LogP contribution in [0.5, 0.6) is 5.75 Å². The van der Waals surface area contributed by atoms with Crippen LogP contribution >= 0.6 is 0 Å². The second-order valence-electron chi connectivity index (χ2n) is 8.53. The van der Waals surface area contributed by atoms with Crippen molar-refractivity contribution in [1.29, 1.82) is 5.26 Å². The molecule has 0 heterocycles. The molecule has 0 aliphatic carbocycles. The maximum absolute atomic E-state index is 12.2. The summed E-state index contributed by atoms with van der Waals surface area (Å²) in [6.45, 7) is 4.24. The van der Waals surface area contributed by atoms with Gasteiger partial charge in [0.25, 0.3) is 0 Å². The molecule has 180 valence electrons. The number of carbonyl (C=O) groups excluding carboxylic acids is 1. The number of benzene rings is 3. The topological polar surface area (TPSA) is 74.6 Å². The van der Waals surface area contributed by atoms with E-state index in [2.05, 4.69) is 11.4 Å². The first-order chi connectivity index (χ1) is 16.9. The molecular formula is C29H31N3O3. The van der Waals surface area contributed by atoms with Gasteiger partial charge in [-0.25, -0.2) is 4.79 Å². The molecule has 3 rings (SSSR count).